The van der Waals surface area contributed by atoms with Crippen LogP contribution in [0.1, 0.15) is 42.9 Å². The Morgan fingerprint density at radius 1 is 1.18 bits per heavy atom. The molecule has 1 N–H and O–H groups in total. The standard InChI is InChI=1S/C23H25NO4/c1-4-16(3)18-7-5-6-8-20(18)24-22(25)14-28-23(26)12-17-13-27-21-11-15(2)9-10-19(17)21/h5-11,13,16H,4,12,14H2,1-3H3,(H,24,25)/t16-/m0/s1. The summed E-state index contributed by atoms with van der Waals surface area (Å²) >= 11 is 0. The summed E-state index contributed by atoms with van der Waals surface area (Å²) in [6.07, 6.45) is 2.60. The van der Waals surface area contributed by atoms with Gasteiger partial charge in [0.1, 0.15) is 5.58 Å². The number of fused-ring (bicyclic) bond motifs is 1. The second-order valence-corrected chi connectivity index (χ2v) is 7.04. The number of hydrogen-bond donors (Lipinski definition) is 1. The van der Waals surface area contributed by atoms with Crippen molar-refractivity contribution in [2.45, 2.75) is 39.5 Å². The minimum Gasteiger partial charge on any atom is -0.464 e. The number of hydrogen-bond acceptors (Lipinski definition) is 4. The first kappa shape index (κ1) is 19.7. The van der Waals surface area contributed by atoms with Crippen molar-refractivity contribution in [3.05, 3.63) is 65.4 Å². The number of rotatable bonds is 7. The number of carbonyl (C=O) groups excluding carboxylic acids is 2. The number of para-hydroxylation sites is 1. The second kappa shape index (κ2) is 8.74. The number of nitrogens with one attached hydrogen (secondary N) is 1. The van der Waals surface area contributed by atoms with Crippen LogP contribution in [0.25, 0.3) is 11.0 Å². The molecule has 0 bridgehead atoms. The van der Waals surface area contributed by atoms with Crippen molar-refractivity contribution < 1.29 is 18.7 Å². The van der Waals surface area contributed by atoms with Crippen molar-refractivity contribution in [2.24, 2.45) is 0 Å². The van der Waals surface area contributed by atoms with Crippen LogP contribution in [0.2, 0.25) is 0 Å². The number of benzene rings is 2. The molecule has 0 fully saturated rings. The number of amides is 1. The Bertz CT molecular complexity index is 989. The van der Waals surface area contributed by atoms with Gasteiger partial charge in [-0.15, -0.1) is 0 Å². The highest BCUT2D eigenvalue weighted by atomic mass is 16.5. The topological polar surface area (TPSA) is 68.5 Å². The van der Waals surface area contributed by atoms with E-state index in [1.807, 2.05) is 49.4 Å². The Morgan fingerprint density at radius 3 is 2.75 bits per heavy atom. The molecular formula is C23H25NO4. The molecule has 1 aromatic heterocycles. The summed E-state index contributed by atoms with van der Waals surface area (Å²) in [5, 5.41) is 3.72. The van der Waals surface area contributed by atoms with Gasteiger partial charge >= 0.3 is 5.97 Å². The van der Waals surface area contributed by atoms with Gasteiger partial charge in [-0.3, -0.25) is 9.59 Å². The highest BCUT2D eigenvalue weighted by Crippen LogP contribution is 2.26. The summed E-state index contributed by atoms with van der Waals surface area (Å²) in [4.78, 5) is 24.4. The molecule has 0 radical (unpaired) electrons. The van der Waals surface area contributed by atoms with Gasteiger partial charge in [0.15, 0.2) is 6.61 Å². The SMILES string of the molecule is CC[C@H](C)c1ccccc1NC(=O)COC(=O)Cc1coc2cc(C)ccc12. The number of ether oxygens (including phenoxy) is 1. The van der Waals surface area contributed by atoms with E-state index in [1.165, 1.54) is 0 Å². The summed E-state index contributed by atoms with van der Waals surface area (Å²) in [6, 6.07) is 13.5. The lowest BCUT2D eigenvalue weighted by Gasteiger charge is -2.15. The van der Waals surface area contributed by atoms with Crippen LogP contribution in [0.5, 0.6) is 0 Å². The van der Waals surface area contributed by atoms with Gasteiger partial charge < -0.3 is 14.5 Å². The zero-order valence-electron chi connectivity index (χ0n) is 16.5. The first-order valence-electron chi connectivity index (χ1n) is 9.49. The van der Waals surface area contributed by atoms with Crippen LogP contribution in [0, 0.1) is 6.92 Å². The predicted molar refractivity (Wildman–Crippen MR) is 109 cm³/mol. The molecule has 0 saturated heterocycles. The molecule has 146 valence electrons. The van der Waals surface area contributed by atoms with E-state index in [0.29, 0.717) is 5.92 Å². The van der Waals surface area contributed by atoms with E-state index in [2.05, 4.69) is 19.2 Å². The third-order valence-electron chi connectivity index (χ3n) is 4.89. The van der Waals surface area contributed by atoms with Crippen molar-refractivity contribution in [2.75, 3.05) is 11.9 Å². The fraction of sp³-hybridized carbons (Fsp3) is 0.304. The van der Waals surface area contributed by atoms with Crippen LogP contribution in [-0.2, 0) is 20.7 Å². The third kappa shape index (κ3) is 4.60. The van der Waals surface area contributed by atoms with Crippen LogP contribution in [0.15, 0.2) is 53.1 Å². The van der Waals surface area contributed by atoms with Gasteiger partial charge in [-0.2, -0.15) is 0 Å². The van der Waals surface area contributed by atoms with E-state index in [4.69, 9.17) is 9.15 Å². The largest absolute Gasteiger partial charge is 0.464 e. The summed E-state index contributed by atoms with van der Waals surface area (Å²) in [5.74, 6) is -0.484. The Balaban J connectivity index is 1.57. The van der Waals surface area contributed by atoms with Crippen molar-refractivity contribution in [1.29, 1.82) is 0 Å². The molecule has 0 saturated carbocycles. The molecule has 28 heavy (non-hydrogen) atoms. The van der Waals surface area contributed by atoms with Gasteiger partial charge in [0.25, 0.3) is 5.91 Å². The summed E-state index contributed by atoms with van der Waals surface area (Å²) in [5.41, 5.74) is 4.41. The van der Waals surface area contributed by atoms with E-state index in [9.17, 15) is 9.59 Å². The molecule has 0 spiro atoms. The fourth-order valence-corrected chi connectivity index (χ4v) is 3.13. The van der Waals surface area contributed by atoms with Gasteiger partial charge in [0, 0.05) is 16.6 Å². The zero-order valence-corrected chi connectivity index (χ0v) is 16.5. The molecular weight excluding hydrogens is 354 g/mol. The second-order valence-electron chi connectivity index (χ2n) is 7.04. The molecule has 1 atom stereocenters. The quantitative estimate of drug-likeness (QED) is 0.588. The van der Waals surface area contributed by atoms with E-state index in [0.717, 1.165) is 39.8 Å². The molecule has 5 heteroatoms. The van der Waals surface area contributed by atoms with E-state index in [1.54, 1.807) is 6.26 Å². The average Bonchev–Trinajstić information content (AvgIpc) is 3.08. The minimum atomic E-state index is -0.464. The molecule has 1 amide bonds. The van der Waals surface area contributed by atoms with E-state index >= 15 is 0 Å². The molecule has 0 aliphatic carbocycles. The van der Waals surface area contributed by atoms with E-state index < -0.39 is 5.97 Å². The first-order chi connectivity index (χ1) is 13.5. The summed E-state index contributed by atoms with van der Waals surface area (Å²) in [7, 11) is 0. The molecule has 0 aliphatic rings. The van der Waals surface area contributed by atoms with Crippen molar-refractivity contribution in [1.82, 2.24) is 0 Å². The Labute approximate surface area is 164 Å². The molecule has 3 aromatic rings. The predicted octanol–water partition coefficient (Wildman–Crippen LogP) is 4.98. The molecule has 3 rings (SSSR count). The molecule has 0 aliphatic heterocycles. The highest BCUT2D eigenvalue weighted by molar-refractivity contribution is 5.94. The molecule has 5 nitrogen and oxygen atoms in total. The van der Waals surface area contributed by atoms with Crippen molar-refractivity contribution in [3.63, 3.8) is 0 Å². The molecule has 1 heterocycles. The van der Waals surface area contributed by atoms with Gasteiger partial charge in [-0.1, -0.05) is 44.2 Å². The number of esters is 1. The van der Waals surface area contributed by atoms with Crippen LogP contribution in [0.3, 0.4) is 0 Å². The fourth-order valence-electron chi connectivity index (χ4n) is 3.13. The average molecular weight is 379 g/mol. The Morgan fingerprint density at radius 2 is 1.96 bits per heavy atom. The maximum absolute atomic E-state index is 12.2. The summed E-state index contributed by atoms with van der Waals surface area (Å²) in [6.45, 7) is 5.88. The number of anilines is 1. The lowest BCUT2D eigenvalue weighted by Crippen LogP contribution is -2.22. The van der Waals surface area contributed by atoms with E-state index in [-0.39, 0.29) is 18.9 Å². The Kier molecular flexibility index (Phi) is 6.14. The zero-order chi connectivity index (χ0) is 20.1. The van der Waals surface area contributed by atoms with Gasteiger partial charge in [0.05, 0.1) is 12.7 Å². The lowest BCUT2D eigenvalue weighted by atomic mass is 9.97. The van der Waals surface area contributed by atoms with Crippen LogP contribution < -0.4 is 5.32 Å². The van der Waals surface area contributed by atoms with Crippen LogP contribution in [-0.4, -0.2) is 18.5 Å². The summed E-state index contributed by atoms with van der Waals surface area (Å²) < 4.78 is 10.7. The number of furan rings is 1. The van der Waals surface area contributed by atoms with Crippen molar-refractivity contribution in [3.8, 4) is 0 Å². The lowest BCUT2D eigenvalue weighted by molar-refractivity contribution is -0.146. The van der Waals surface area contributed by atoms with Gasteiger partial charge in [-0.05, 0) is 42.5 Å². The van der Waals surface area contributed by atoms with Crippen LogP contribution in [0.4, 0.5) is 5.69 Å². The highest BCUT2D eigenvalue weighted by Gasteiger charge is 2.15. The van der Waals surface area contributed by atoms with Crippen LogP contribution >= 0.6 is 0 Å². The van der Waals surface area contributed by atoms with Gasteiger partial charge in [0.2, 0.25) is 0 Å². The maximum Gasteiger partial charge on any atom is 0.310 e. The Hall–Kier alpha value is -3.08. The minimum absolute atomic E-state index is 0.0623. The smallest absolute Gasteiger partial charge is 0.310 e. The molecule has 0 unspecified atom stereocenters. The van der Waals surface area contributed by atoms with Crippen molar-refractivity contribution >= 4 is 28.5 Å². The third-order valence-corrected chi connectivity index (χ3v) is 4.89. The van der Waals surface area contributed by atoms with Gasteiger partial charge in [-0.25, -0.2) is 0 Å². The normalized spacial score (nSPS) is 12.0. The monoisotopic (exact) mass is 379 g/mol. The number of carbonyl (C=O) groups is 2. The number of aryl methyl sites for hydroxylation is 1. The maximum atomic E-state index is 12.2. The molecule has 2 aromatic carbocycles. The first-order valence-corrected chi connectivity index (χ1v) is 9.49.